The van der Waals surface area contributed by atoms with Crippen molar-refractivity contribution in [1.29, 1.82) is 0 Å². The van der Waals surface area contributed by atoms with Gasteiger partial charge in [-0.3, -0.25) is 10.1 Å². The second-order valence-corrected chi connectivity index (χ2v) is 7.47. The molecule has 7 nitrogen and oxygen atoms in total. The zero-order valence-electron chi connectivity index (χ0n) is 16.3. The first-order valence-corrected chi connectivity index (χ1v) is 9.85. The van der Waals surface area contributed by atoms with Crippen LogP contribution in [0.4, 0.5) is 18.3 Å². The van der Waals surface area contributed by atoms with Crippen LogP contribution in [-0.4, -0.2) is 28.1 Å². The van der Waals surface area contributed by atoms with Gasteiger partial charge in [-0.25, -0.2) is 9.97 Å². The van der Waals surface area contributed by atoms with E-state index in [0.29, 0.717) is 16.0 Å². The van der Waals surface area contributed by atoms with Gasteiger partial charge in [0.05, 0.1) is 22.9 Å². The number of pyridine rings is 1. The van der Waals surface area contributed by atoms with Gasteiger partial charge in [0.2, 0.25) is 0 Å². The van der Waals surface area contributed by atoms with Crippen molar-refractivity contribution in [3.05, 3.63) is 66.0 Å². The molecule has 0 atom stereocenters. The molecule has 0 aliphatic carbocycles. The number of nitrogens with one attached hydrogen (secondary N) is 1. The maximum atomic E-state index is 12.7. The molecule has 2 aromatic carbocycles. The van der Waals surface area contributed by atoms with Crippen molar-refractivity contribution in [2.75, 3.05) is 12.4 Å². The summed E-state index contributed by atoms with van der Waals surface area (Å²) >= 11 is 1.15. The van der Waals surface area contributed by atoms with Crippen molar-refractivity contribution >= 4 is 32.6 Å². The number of carbonyl (C=O) groups is 1. The van der Waals surface area contributed by atoms with Crippen molar-refractivity contribution < 1.29 is 32.5 Å². The highest BCUT2D eigenvalue weighted by Crippen LogP contribution is 2.34. The third kappa shape index (κ3) is 4.42. The molecule has 2 N–H and O–H groups in total. The average molecular weight is 461 g/mol. The fourth-order valence-corrected chi connectivity index (χ4v) is 3.68. The summed E-state index contributed by atoms with van der Waals surface area (Å²) in [5.74, 6) is -0.303. The lowest BCUT2D eigenvalue weighted by atomic mass is 10.2. The van der Waals surface area contributed by atoms with Crippen LogP contribution in [0.15, 0.2) is 54.7 Å². The van der Waals surface area contributed by atoms with Crippen molar-refractivity contribution in [3.8, 4) is 23.0 Å². The third-order valence-corrected chi connectivity index (χ3v) is 5.25. The van der Waals surface area contributed by atoms with E-state index >= 15 is 0 Å². The lowest BCUT2D eigenvalue weighted by molar-refractivity contribution is -0.137. The molecule has 4 rings (SSSR count). The summed E-state index contributed by atoms with van der Waals surface area (Å²) in [7, 11) is 1.36. The molecule has 0 bridgehead atoms. The molecule has 32 heavy (non-hydrogen) atoms. The molecule has 0 radical (unpaired) electrons. The number of ether oxygens (including phenoxy) is 2. The van der Waals surface area contributed by atoms with Gasteiger partial charge < -0.3 is 14.6 Å². The summed E-state index contributed by atoms with van der Waals surface area (Å²) in [5, 5.41) is 12.9. The van der Waals surface area contributed by atoms with Crippen LogP contribution in [0.3, 0.4) is 0 Å². The quantitative estimate of drug-likeness (QED) is 0.410. The van der Waals surface area contributed by atoms with Crippen molar-refractivity contribution in [2.45, 2.75) is 6.18 Å². The van der Waals surface area contributed by atoms with E-state index in [4.69, 9.17) is 9.47 Å². The fourth-order valence-electron chi connectivity index (χ4n) is 2.79. The van der Waals surface area contributed by atoms with Crippen molar-refractivity contribution in [2.24, 2.45) is 0 Å². The summed E-state index contributed by atoms with van der Waals surface area (Å²) in [5.41, 5.74) is -0.400. The molecular weight excluding hydrogens is 447 g/mol. The number of thiazole rings is 1. The normalized spacial score (nSPS) is 11.4. The van der Waals surface area contributed by atoms with E-state index in [1.54, 1.807) is 18.2 Å². The van der Waals surface area contributed by atoms with E-state index in [-0.39, 0.29) is 28.1 Å². The fraction of sp³-hybridized carbons (Fsp3) is 0.0952. The number of benzene rings is 2. The average Bonchev–Trinajstić information content (AvgIpc) is 3.15. The van der Waals surface area contributed by atoms with Gasteiger partial charge in [-0.1, -0.05) is 11.3 Å². The monoisotopic (exact) mass is 461 g/mol. The van der Waals surface area contributed by atoms with Gasteiger partial charge in [-0.05, 0) is 36.4 Å². The molecule has 1 amide bonds. The number of anilines is 1. The van der Waals surface area contributed by atoms with Gasteiger partial charge in [0.15, 0.2) is 22.3 Å². The summed E-state index contributed by atoms with van der Waals surface area (Å²) < 4.78 is 49.3. The number of carbonyl (C=O) groups excluding carboxylic acids is 1. The maximum Gasteiger partial charge on any atom is 0.416 e. The second kappa shape index (κ2) is 8.35. The number of nitrogens with zero attached hydrogens (tertiary/aromatic N) is 2. The van der Waals surface area contributed by atoms with E-state index in [0.717, 1.165) is 23.5 Å². The first-order chi connectivity index (χ1) is 15.2. The minimum Gasteiger partial charge on any atom is -0.503 e. The largest absolute Gasteiger partial charge is 0.503 e. The number of methoxy groups -OCH3 is 1. The highest BCUT2D eigenvalue weighted by molar-refractivity contribution is 7.22. The topological polar surface area (TPSA) is 93.6 Å². The van der Waals surface area contributed by atoms with Crippen molar-refractivity contribution in [3.63, 3.8) is 0 Å². The standard InChI is InChI=1S/C21H14F3N3O4S/c1-30-15-8-9-25-17(18(15)28)19(29)27-20-26-14-7-6-13(10-16(14)32-20)31-12-4-2-11(3-5-12)21(22,23)24/h2-10,28H,1H3,(H,26,27,29). The highest BCUT2D eigenvalue weighted by atomic mass is 32.1. The summed E-state index contributed by atoms with van der Waals surface area (Å²) in [6, 6.07) is 10.7. The minimum atomic E-state index is -4.42. The van der Waals surface area contributed by atoms with Crippen LogP contribution < -0.4 is 14.8 Å². The first-order valence-electron chi connectivity index (χ1n) is 9.03. The van der Waals surface area contributed by atoms with Gasteiger partial charge in [0, 0.05) is 18.3 Å². The summed E-state index contributed by atoms with van der Waals surface area (Å²) in [4.78, 5) is 20.6. The Morgan fingerprint density at radius 3 is 2.50 bits per heavy atom. The Kier molecular flexibility index (Phi) is 5.57. The van der Waals surface area contributed by atoms with Crippen LogP contribution in [0.25, 0.3) is 10.2 Å². The van der Waals surface area contributed by atoms with E-state index in [9.17, 15) is 23.1 Å². The number of halogens is 3. The third-order valence-electron chi connectivity index (χ3n) is 4.32. The number of rotatable bonds is 5. The van der Waals surface area contributed by atoms with Gasteiger partial charge >= 0.3 is 6.18 Å². The van der Waals surface area contributed by atoms with E-state index in [1.807, 2.05) is 0 Å². The predicted octanol–water partition coefficient (Wildman–Crippen LogP) is 5.47. The van der Waals surface area contributed by atoms with E-state index in [2.05, 4.69) is 15.3 Å². The number of hydrogen-bond acceptors (Lipinski definition) is 7. The van der Waals surface area contributed by atoms with Gasteiger partial charge in [-0.2, -0.15) is 13.2 Å². The molecule has 0 fully saturated rings. The Labute approximate surface area is 183 Å². The zero-order chi connectivity index (χ0) is 22.9. The number of hydrogen-bond donors (Lipinski definition) is 2. The van der Waals surface area contributed by atoms with Gasteiger partial charge in [-0.15, -0.1) is 0 Å². The van der Waals surface area contributed by atoms with Crippen molar-refractivity contribution in [1.82, 2.24) is 9.97 Å². The van der Waals surface area contributed by atoms with Crippen LogP contribution in [0, 0.1) is 0 Å². The van der Waals surface area contributed by atoms with Crippen LogP contribution >= 0.6 is 11.3 Å². The molecule has 0 spiro atoms. The number of aromatic nitrogens is 2. The molecule has 0 unspecified atom stereocenters. The second-order valence-electron chi connectivity index (χ2n) is 6.44. The molecule has 4 aromatic rings. The maximum absolute atomic E-state index is 12.7. The van der Waals surface area contributed by atoms with Crippen LogP contribution in [0.5, 0.6) is 23.0 Å². The molecular formula is C21H14F3N3O4S. The highest BCUT2D eigenvalue weighted by Gasteiger charge is 2.30. The number of alkyl halides is 3. The van der Waals surface area contributed by atoms with Crippen LogP contribution in [-0.2, 0) is 6.18 Å². The van der Waals surface area contributed by atoms with Gasteiger partial charge in [0.25, 0.3) is 5.91 Å². The molecule has 164 valence electrons. The zero-order valence-corrected chi connectivity index (χ0v) is 17.1. The molecule has 0 saturated heterocycles. The smallest absolute Gasteiger partial charge is 0.416 e. The Morgan fingerprint density at radius 1 is 1.09 bits per heavy atom. The number of amides is 1. The van der Waals surface area contributed by atoms with Crippen LogP contribution in [0.1, 0.15) is 16.1 Å². The Balaban J connectivity index is 1.51. The molecule has 0 aliphatic rings. The number of fused-ring (bicyclic) bond motifs is 1. The van der Waals surface area contributed by atoms with E-state index in [1.165, 1.54) is 31.5 Å². The summed E-state index contributed by atoms with van der Waals surface area (Å²) in [6.45, 7) is 0. The lowest BCUT2D eigenvalue weighted by Crippen LogP contribution is -2.13. The Hall–Kier alpha value is -3.86. The number of aromatic hydroxyl groups is 1. The molecule has 11 heteroatoms. The molecule has 0 saturated carbocycles. The van der Waals surface area contributed by atoms with Crippen LogP contribution in [0.2, 0.25) is 0 Å². The Bertz CT molecular complexity index is 1290. The summed E-state index contributed by atoms with van der Waals surface area (Å²) in [6.07, 6.45) is -3.09. The molecule has 0 aliphatic heterocycles. The van der Waals surface area contributed by atoms with E-state index < -0.39 is 17.6 Å². The predicted molar refractivity (Wildman–Crippen MR) is 112 cm³/mol. The minimum absolute atomic E-state index is 0.111. The molecule has 2 aromatic heterocycles. The SMILES string of the molecule is COc1ccnc(C(=O)Nc2nc3ccc(Oc4ccc(C(F)(F)F)cc4)cc3s2)c1O. The first kappa shape index (κ1) is 21.4. The lowest BCUT2D eigenvalue weighted by Gasteiger charge is -2.08. The molecule has 2 heterocycles. The van der Waals surface area contributed by atoms with Gasteiger partial charge in [0.1, 0.15) is 11.5 Å². The Morgan fingerprint density at radius 2 is 1.81 bits per heavy atom.